The second-order valence-electron chi connectivity index (χ2n) is 6.05. The number of aryl methyl sites for hydroxylation is 1. The van der Waals surface area contributed by atoms with Crippen LogP contribution in [0.25, 0.3) is 11.3 Å². The molecule has 6 nitrogen and oxygen atoms in total. The van der Waals surface area contributed by atoms with E-state index in [0.717, 1.165) is 12.1 Å². The first-order valence-corrected chi connectivity index (χ1v) is 8.17. The van der Waals surface area contributed by atoms with E-state index < -0.39 is 11.6 Å². The molecule has 136 valence electrons. The minimum atomic E-state index is -0.729. The second-order valence-corrected chi connectivity index (χ2v) is 6.05. The van der Waals surface area contributed by atoms with Gasteiger partial charge in [-0.25, -0.2) is 18.4 Å². The topological polar surface area (TPSA) is 73.0 Å². The van der Waals surface area contributed by atoms with Gasteiger partial charge in [-0.2, -0.15) is 5.10 Å². The van der Waals surface area contributed by atoms with Gasteiger partial charge in [0.1, 0.15) is 17.5 Å². The number of rotatable bonds is 6. The molecule has 3 aromatic rings. The van der Waals surface area contributed by atoms with E-state index in [4.69, 9.17) is 4.42 Å². The molecule has 0 spiro atoms. The van der Waals surface area contributed by atoms with Crippen molar-refractivity contribution in [2.45, 2.75) is 32.7 Å². The van der Waals surface area contributed by atoms with Gasteiger partial charge in [0.05, 0.1) is 18.0 Å². The zero-order chi connectivity index (χ0) is 18.7. The lowest BCUT2D eigenvalue weighted by atomic mass is 10.2. The van der Waals surface area contributed by atoms with Gasteiger partial charge in [-0.1, -0.05) is 0 Å². The van der Waals surface area contributed by atoms with E-state index in [1.54, 1.807) is 16.9 Å². The zero-order valence-electron chi connectivity index (χ0n) is 14.4. The highest BCUT2D eigenvalue weighted by Crippen LogP contribution is 2.24. The molecule has 1 aromatic carbocycles. The molecule has 0 unspecified atom stereocenters. The number of halogens is 2. The highest BCUT2D eigenvalue weighted by Gasteiger charge is 2.14. The number of carbonyl (C=O) groups excluding carboxylic acids is 1. The van der Waals surface area contributed by atoms with Crippen LogP contribution in [0.5, 0.6) is 0 Å². The number of nitrogens with zero attached hydrogens (tertiary/aromatic N) is 3. The largest absolute Gasteiger partial charge is 0.441 e. The summed E-state index contributed by atoms with van der Waals surface area (Å²) in [6.45, 7) is 3.93. The Morgan fingerprint density at radius 2 is 2.12 bits per heavy atom. The molecule has 1 amide bonds. The van der Waals surface area contributed by atoms with Crippen molar-refractivity contribution < 1.29 is 18.0 Å². The van der Waals surface area contributed by atoms with E-state index >= 15 is 0 Å². The Hall–Kier alpha value is -3.03. The molecule has 0 aliphatic heterocycles. The van der Waals surface area contributed by atoms with Crippen LogP contribution in [-0.4, -0.2) is 20.7 Å². The van der Waals surface area contributed by atoms with E-state index in [1.165, 1.54) is 12.3 Å². The van der Waals surface area contributed by atoms with Gasteiger partial charge >= 0.3 is 0 Å². The molecule has 0 atom stereocenters. The van der Waals surface area contributed by atoms with E-state index in [-0.39, 0.29) is 36.1 Å². The summed E-state index contributed by atoms with van der Waals surface area (Å²) in [7, 11) is 0. The molecule has 2 heterocycles. The zero-order valence-corrected chi connectivity index (χ0v) is 14.4. The van der Waals surface area contributed by atoms with E-state index in [2.05, 4.69) is 15.4 Å². The fourth-order valence-electron chi connectivity index (χ4n) is 2.49. The Bertz CT molecular complexity index is 918. The van der Waals surface area contributed by atoms with Crippen molar-refractivity contribution in [3.8, 4) is 11.3 Å². The van der Waals surface area contributed by atoms with Gasteiger partial charge in [0, 0.05) is 31.0 Å². The molecular weight excluding hydrogens is 342 g/mol. The normalized spacial score (nSPS) is 11.1. The Kier molecular flexibility index (Phi) is 5.11. The molecule has 0 fully saturated rings. The molecule has 0 bridgehead atoms. The third-order valence-electron chi connectivity index (χ3n) is 3.74. The predicted molar refractivity (Wildman–Crippen MR) is 91.4 cm³/mol. The molecule has 0 saturated heterocycles. The lowest BCUT2D eigenvalue weighted by Gasteiger charge is -2.11. The summed E-state index contributed by atoms with van der Waals surface area (Å²) in [4.78, 5) is 16.1. The number of amides is 1. The highest BCUT2D eigenvalue weighted by molar-refractivity contribution is 5.89. The summed E-state index contributed by atoms with van der Waals surface area (Å²) >= 11 is 0. The highest BCUT2D eigenvalue weighted by atomic mass is 19.1. The number of anilines is 1. The molecule has 26 heavy (non-hydrogen) atoms. The molecule has 8 heteroatoms. The van der Waals surface area contributed by atoms with Gasteiger partial charge in [-0.3, -0.25) is 4.79 Å². The van der Waals surface area contributed by atoms with Crippen LogP contribution in [0.4, 0.5) is 14.6 Å². The van der Waals surface area contributed by atoms with E-state index in [0.29, 0.717) is 11.7 Å². The number of oxazole rings is 1. The minimum absolute atomic E-state index is 0.121. The number of hydrogen-bond donors (Lipinski definition) is 1. The average molecular weight is 360 g/mol. The Morgan fingerprint density at radius 3 is 2.85 bits per heavy atom. The lowest BCUT2D eigenvalue weighted by Crippen LogP contribution is -2.17. The van der Waals surface area contributed by atoms with Crippen molar-refractivity contribution >= 4 is 11.7 Å². The van der Waals surface area contributed by atoms with E-state index in [1.807, 2.05) is 13.8 Å². The maximum Gasteiger partial charge on any atom is 0.226 e. The van der Waals surface area contributed by atoms with Crippen LogP contribution in [-0.2, 0) is 11.2 Å². The SMILES string of the molecule is CC(C)n1nccc1NC(=O)CCc1ncc(-c2ccc(F)cc2F)o1. The number of nitrogens with one attached hydrogen (secondary N) is 1. The first-order chi connectivity index (χ1) is 12.4. The lowest BCUT2D eigenvalue weighted by molar-refractivity contribution is -0.116. The van der Waals surface area contributed by atoms with Crippen LogP contribution in [0.15, 0.2) is 41.1 Å². The van der Waals surface area contributed by atoms with Crippen molar-refractivity contribution in [1.82, 2.24) is 14.8 Å². The van der Waals surface area contributed by atoms with Crippen LogP contribution in [0.3, 0.4) is 0 Å². The quantitative estimate of drug-likeness (QED) is 0.722. The van der Waals surface area contributed by atoms with Gasteiger partial charge in [0.2, 0.25) is 5.91 Å². The summed E-state index contributed by atoms with van der Waals surface area (Å²) in [5, 5.41) is 6.93. The van der Waals surface area contributed by atoms with Gasteiger partial charge < -0.3 is 9.73 Å². The third kappa shape index (κ3) is 3.96. The summed E-state index contributed by atoms with van der Waals surface area (Å²) < 4.78 is 33.9. The van der Waals surface area contributed by atoms with Crippen molar-refractivity contribution in [1.29, 1.82) is 0 Å². The van der Waals surface area contributed by atoms with Crippen LogP contribution in [0.2, 0.25) is 0 Å². The fourth-order valence-corrected chi connectivity index (χ4v) is 2.49. The van der Waals surface area contributed by atoms with Crippen molar-refractivity contribution in [3.63, 3.8) is 0 Å². The minimum Gasteiger partial charge on any atom is -0.441 e. The molecule has 3 rings (SSSR count). The van der Waals surface area contributed by atoms with Crippen LogP contribution in [0, 0.1) is 11.6 Å². The molecule has 0 radical (unpaired) electrons. The van der Waals surface area contributed by atoms with Crippen molar-refractivity contribution in [2.24, 2.45) is 0 Å². The average Bonchev–Trinajstić information content (AvgIpc) is 3.22. The third-order valence-corrected chi connectivity index (χ3v) is 3.74. The van der Waals surface area contributed by atoms with Gasteiger partial charge in [-0.05, 0) is 26.0 Å². The Morgan fingerprint density at radius 1 is 1.31 bits per heavy atom. The van der Waals surface area contributed by atoms with Crippen LogP contribution < -0.4 is 5.32 Å². The number of carbonyl (C=O) groups is 1. The van der Waals surface area contributed by atoms with Gasteiger partial charge in [-0.15, -0.1) is 0 Å². The fraction of sp³-hybridized carbons (Fsp3) is 0.278. The molecule has 2 aromatic heterocycles. The maximum atomic E-state index is 13.8. The Labute approximate surface area is 148 Å². The summed E-state index contributed by atoms with van der Waals surface area (Å²) in [5.74, 6) is -0.491. The standard InChI is InChI=1S/C18H18F2N4O2/c1-11(2)24-16(7-8-22-24)23-17(25)5-6-18-21-10-15(26-18)13-4-3-12(19)9-14(13)20/h3-4,7-11H,5-6H2,1-2H3,(H,23,25). The second kappa shape index (κ2) is 7.47. The first kappa shape index (κ1) is 17.8. The van der Waals surface area contributed by atoms with Gasteiger partial charge in [0.25, 0.3) is 0 Å². The van der Waals surface area contributed by atoms with E-state index in [9.17, 15) is 13.6 Å². The van der Waals surface area contributed by atoms with Gasteiger partial charge in [0.15, 0.2) is 11.7 Å². The molecule has 0 saturated carbocycles. The van der Waals surface area contributed by atoms with Crippen LogP contribution >= 0.6 is 0 Å². The monoisotopic (exact) mass is 360 g/mol. The molecule has 0 aliphatic rings. The first-order valence-electron chi connectivity index (χ1n) is 8.17. The number of aromatic nitrogens is 3. The smallest absolute Gasteiger partial charge is 0.226 e. The van der Waals surface area contributed by atoms with Crippen molar-refractivity contribution in [3.05, 3.63) is 54.2 Å². The summed E-state index contributed by atoms with van der Waals surface area (Å²) in [5.41, 5.74) is 0.121. The Balaban J connectivity index is 1.61. The predicted octanol–water partition coefficient (Wildman–Crippen LogP) is 3.97. The maximum absolute atomic E-state index is 13.8. The molecule has 0 aliphatic carbocycles. The number of hydrogen-bond acceptors (Lipinski definition) is 4. The molecule has 1 N–H and O–H groups in total. The number of benzene rings is 1. The van der Waals surface area contributed by atoms with Crippen molar-refractivity contribution in [2.75, 3.05) is 5.32 Å². The van der Waals surface area contributed by atoms with Crippen LogP contribution in [0.1, 0.15) is 32.2 Å². The molecular formula is C18H18F2N4O2. The summed E-state index contributed by atoms with van der Waals surface area (Å²) in [6, 6.07) is 5.06. The summed E-state index contributed by atoms with van der Waals surface area (Å²) in [6.07, 6.45) is 3.38.